The molecule has 7 heteroatoms. The van der Waals surface area contributed by atoms with Gasteiger partial charge < -0.3 is 0 Å². The molecule has 4 aromatic rings. The lowest BCUT2D eigenvalue weighted by Gasteiger charge is -2.07. The smallest absolute Gasteiger partial charge is 0.258 e. The van der Waals surface area contributed by atoms with Crippen LogP contribution >= 0.6 is 50.5 Å². The summed E-state index contributed by atoms with van der Waals surface area (Å²) in [5, 5.41) is 6.03. The summed E-state index contributed by atoms with van der Waals surface area (Å²) in [6.07, 6.45) is 0. The van der Waals surface area contributed by atoms with Gasteiger partial charge in [-0.2, -0.15) is 0 Å². The summed E-state index contributed by atoms with van der Waals surface area (Å²) >= 11 is 17.1. The predicted octanol–water partition coefficient (Wildman–Crippen LogP) is 6.77. The van der Waals surface area contributed by atoms with Gasteiger partial charge in [0.25, 0.3) is 5.91 Å². The van der Waals surface area contributed by atoms with Crippen molar-refractivity contribution in [2.24, 2.45) is 0 Å². The molecule has 0 radical (unpaired) electrons. The number of hydrogen-bond acceptors (Lipinski definition) is 3. The minimum absolute atomic E-state index is 0.218. The molecule has 1 amide bonds. The maximum Gasteiger partial charge on any atom is 0.258 e. The van der Waals surface area contributed by atoms with E-state index in [1.807, 2.05) is 36.4 Å². The predicted molar refractivity (Wildman–Crippen MR) is 109 cm³/mol. The van der Waals surface area contributed by atoms with Crippen molar-refractivity contribution < 1.29 is 4.79 Å². The van der Waals surface area contributed by atoms with Crippen LogP contribution in [0.25, 0.3) is 21.0 Å². The number of hydrogen-bond donors (Lipinski definition) is 1. The van der Waals surface area contributed by atoms with Gasteiger partial charge in [0.1, 0.15) is 5.52 Å². The summed E-state index contributed by atoms with van der Waals surface area (Å²) in [7, 11) is 0. The Kier molecular flexibility index (Phi) is 4.41. The highest BCUT2D eigenvalue weighted by Gasteiger charge is 2.15. The third-order valence-electron chi connectivity index (χ3n) is 3.79. The van der Waals surface area contributed by atoms with Gasteiger partial charge in [0.15, 0.2) is 5.13 Å². The lowest BCUT2D eigenvalue weighted by molar-refractivity contribution is 0.102. The molecule has 0 unspecified atom stereocenters. The number of anilines is 1. The van der Waals surface area contributed by atoms with Crippen LogP contribution in [-0.4, -0.2) is 10.9 Å². The molecule has 0 saturated heterocycles. The van der Waals surface area contributed by atoms with Crippen LogP contribution in [0.5, 0.6) is 0 Å². The second-order valence-corrected chi connectivity index (χ2v) is 7.99. The molecule has 124 valence electrons. The molecule has 0 aliphatic carbocycles. The zero-order valence-corrected chi connectivity index (χ0v) is 16.4. The van der Waals surface area contributed by atoms with Gasteiger partial charge in [-0.3, -0.25) is 10.1 Å². The maximum absolute atomic E-state index is 12.7. The quantitative estimate of drug-likeness (QED) is 0.365. The molecule has 4 rings (SSSR count). The first kappa shape index (κ1) is 16.8. The van der Waals surface area contributed by atoms with Gasteiger partial charge in [-0.1, -0.05) is 74.7 Å². The Labute approximate surface area is 165 Å². The Morgan fingerprint density at radius 2 is 1.80 bits per heavy atom. The monoisotopic (exact) mass is 450 g/mol. The van der Waals surface area contributed by atoms with Gasteiger partial charge in [-0.25, -0.2) is 4.98 Å². The van der Waals surface area contributed by atoms with E-state index in [-0.39, 0.29) is 5.91 Å². The fourth-order valence-corrected chi connectivity index (χ4v) is 4.41. The van der Waals surface area contributed by atoms with E-state index in [2.05, 4.69) is 26.2 Å². The van der Waals surface area contributed by atoms with Crippen molar-refractivity contribution in [3.05, 3.63) is 68.6 Å². The zero-order chi connectivity index (χ0) is 17.6. The number of nitrogens with zero attached hydrogens (tertiary/aromatic N) is 1. The van der Waals surface area contributed by atoms with Crippen molar-refractivity contribution in [1.82, 2.24) is 4.98 Å². The average molecular weight is 452 g/mol. The number of halogens is 3. The van der Waals surface area contributed by atoms with E-state index in [4.69, 9.17) is 23.2 Å². The summed E-state index contributed by atoms with van der Waals surface area (Å²) in [6.45, 7) is 0. The third kappa shape index (κ3) is 3.02. The first-order valence-electron chi connectivity index (χ1n) is 7.28. The molecule has 0 saturated carbocycles. The van der Waals surface area contributed by atoms with Crippen LogP contribution in [0.2, 0.25) is 10.0 Å². The standard InChI is InChI=1S/C18H9BrCl2N2OS/c19-12-6-2-3-9-10(12)4-1-5-11(9)17(24)23-18-22-16-14(25-18)8-7-13(20)15(16)21/h1-8H,(H,22,23,24). The largest absolute Gasteiger partial charge is 0.298 e. The Hall–Kier alpha value is -1.66. The molecule has 0 aliphatic rings. The van der Waals surface area contributed by atoms with Gasteiger partial charge in [-0.15, -0.1) is 0 Å². The topological polar surface area (TPSA) is 42.0 Å². The fourth-order valence-electron chi connectivity index (χ4n) is 2.62. The van der Waals surface area contributed by atoms with E-state index in [1.54, 1.807) is 12.1 Å². The molecule has 1 aromatic heterocycles. The minimum Gasteiger partial charge on any atom is -0.298 e. The first-order valence-corrected chi connectivity index (χ1v) is 9.64. The zero-order valence-electron chi connectivity index (χ0n) is 12.5. The molecule has 0 fully saturated rings. The number of benzene rings is 3. The average Bonchev–Trinajstić information content (AvgIpc) is 3.01. The van der Waals surface area contributed by atoms with Gasteiger partial charge in [0.2, 0.25) is 0 Å². The summed E-state index contributed by atoms with van der Waals surface area (Å²) in [5.74, 6) is -0.218. The Balaban J connectivity index is 1.74. The molecule has 3 aromatic carbocycles. The van der Waals surface area contributed by atoms with E-state index in [0.717, 1.165) is 19.9 Å². The van der Waals surface area contributed by atoms with Crippen LogP contribution in [0.4, 0.5) is 5.13 Å². The number of thiazole rings is 1. The number of aromatic nitrogens is 1. The fraction of sp³-hybridized carbons (Fsp3) is 0. The van der Waals surface area contributed by atoms with E-state index in [9.17, 15) is 4.79 Å². The number of carbonyl (C=O) groups is 1. The molecule has 1 N–H and O–H groups in total. The summed E-state index contributed by atoms with van der Waals surface area (Å²) in [5.41, 5.74) is 1.18. The van der Waals surface area contributed by atoms with Crippen LogP contribution in [-0.2, 0) is 0 Å². The van der Waals surface area contributed by atoms with Crippen LogP contribution in [0.3, 0.4) is 0 Å². The highest BCUT2D eigenvalue weighted by molar-refractivity contribution is 9.10. The second kappa shape index (κ2) is 6.57. The van der Waals surface area contributed by atoms with Crippen molar-refractivity contribution in [3.63, 3.8) is 0 Å². The van der Waals surface area contributed by atoms with Gasteiger partial charge in [-0.05, 0) is 35.0 Å². The summed E-state index contributed by atoms with van der Waals surface area (Å²) in [6, 6.07) is 15.0. The first-order chi connectivity index (χ1) is 12.0. The van der Waals surface area contributed by atoms with Crippen molar-refractivity contribution in [2.45, 2.75) is 0 Å². The van der Waals surface area contributed by atoms with Crippen LogP contribution in [0.1, 0.15) is 10.4 Å². The number of amides is 1. The van der Waals surface area contributed by atoms with Gasteiger partial charge >= 0.3 is 0 Å². The van der Waals surface area contributed by atoms with Crippen molar-refractivity contribution in [2.75, 3.05) is 5.32 Å². The number of carbonyl (C=O) groups excluding carboxylic acids is 1. The second-order valence-electron chi connectivity index (χ2n) is 5.32. The van der Waals surface area contributed by atoms with Gasteiger partial charge in [0.05, 0.1) is 14.7 Å². The van der Waals surface area contributed by atoms with Crippen LogP contribution < -0.4 is 5.32 Å². The lowest BCUT2D eigenvalue weighted by Crippen LogP contribution is -2.12. The third-order valence-corrected chi connectivity index (χ3v) is 6.21. The molecule has 1 heterocycles. The molecule has 25 heavy (non-hydrogen) atoms. The van der Waals surface area contributed by atoms with Crippen molar-refractivity contribution in [3.8, 4) is 0 Å². The number of fused-ring (bicyclic) bond motifs is 2. The highest BCUT2D eigenvalue weighted by Crippen LogP contribution is 2.35. The number of nitrogens with one attached hydrogen (secondary N) is 1. The van der Waals surface area contributed by atoms with E-state index >= 15 is 0 Å². The molecule has 0 atom stereocenters. The molecule has 0 spiro atoms. The van der Waals surface area contributed by atoms with E-state index < -0.39 is 0 Å². The summed E-state index contributed by atoms with van der Waals surface area (Å²) in [4.78, 5) is 17.1. The van der Waals surface area contributed by atoms with Crippen molar-refractivity contribution >= 4 is 82.5 Å². The van der Waals surface area contributed by atoms with Gasteiger partial charge in [0, 0.05) is 10.0 Å². The SMILES string of the molecule is O=C(Nc1nc2c(Cl)c(Cl)ccc2s1)c1cccc2c(Br)cccc12. The number of rotatable bonds is 2. The van der Waals surface area contributed by atoms with E-state index in [1.165, 1.54) is 11.3 Å². The molecular weight excluding hydrogens is 443 g/mol. The van der Waals surface area contributed by atoms with Crippen LogP contribution in [0.15, 0.2) is 53.0 Å². The lowest BCUT2D eigenvalue weighted by atomic mass is 10.0. The maximum atomic E-state index is 12.7. The summed E-state index contributed by atoms with van der Waals surface area (Å²) < 4.78 is 1.81. The van der Waals surface area contributed by atoms with Crippen molar-refractivity contribution in [1.29, 1.82) is 0 Å². The molecule has 0 aliphatic heterocycles. The highest BCUT2D eigenvalue weighted by atomic mass is 79.9. The Morgan fingerprint density at radius 1 is 1.04 bits per heavy atom. The van der Waals surface area contributed by atoms with Crippen LogP contribution in [0, 0.1) is 0 Å². The minimum atomic E-state index is -0.218. The Morgan fingerprint density at radius 3 is 2.64 bits per heavy atom. The molecule has 0 bridgehead atoms. The normalized spacial score (nSPS) is 11.2. The Bertz CT molecular complexity index is 1140. The molecule has 3 nitrogen and oxygen atoms in total. The van der Waals surface area contributed by atoms with E-state index in [0.29, 0.717) is 26.3 Å². The molecular formula is C18H9BrCl2N2OS.